The molecule has 0 aromatic rings. The van der Waals surface area contributed by atoms with Crippen molar-refractivity contribution >= 4 is 29.7 Å². The fourth-order valence-electron chi connectivity index (χ4n) is 0.966. The summed E-state index contributed by atoms with van der Waals surface area (Å²) < 4.78 is 4.57. The zero-order chi connectivity index (χ0) is 14.1. The zero-order valence-electron chi connectivity index (χ0n) is 9.87. The summed E-state index contributed by atoms with van der Waals surface area (Å²) in [7, 11) is 0. The van der Waals surface area contributed by atoms with Crippen molar-refractivity contribution in [1.82, 2.24) is 0 Å². The first-order valence-electron chi connectivity index (χ1n) is 5.28. The van der Waals surface area contributed by atoms with Gasteiger partial charge in [0.2, 0.25) is 6.10 Å². The highest BCUT2D eigenvalue weighted by atomic mass is 32.2. The lowest BCUT2D eigenvalue weighted by atomic mass is 10.2. The molecule has 0 spiro atoms. The Labute approximate surface area is 108 Å². The Hall–Kier alpha value is -1.28. The third-order valence-electron chi connectivity index (χ3n) is 1.92. The van der Waals surface area contributed by atoms with Crippen LogP contribution in [-0.4, -0.2) is 57.4 Å². The van der Waals surface area contributed by atoms with Gasteiger partial charge in [0.25, 0.3) is 0 Å². The first-order chi connectivity index (χ1) is 8.43. The molecule has 0 rings (SSSR count). The van der Waals surface area contributed by atoms with Crippen LogP contribution in [0.4, 0.5) is 0 Å². The number of aliphatic hydroxyl groups excluding tert-OH is 1. The normalized spacial score (nSPS) is 13.7. The number of rotatable bonds is 9. The molecule has 0 radical (unpaired) electrons. The molecule has 0 aromatic carbocycles. The molecule has 0 fully saturated rings. The van der Waals surface area contributed by atoms with Gasteiger partial charge in [-0.05, 0) is 12.2 Å². The number of hydrogen-bond donors (Lipinski definition) is 3. The quantitative estimate of drug-likeness (QED) is 0.302. The minimum absolute atomic E-state index is 0.0483. The number of carbonyl (C=O) groups is 3. The maximum Gasteiger partial charge on any atom is 0.345 e. The fraction of sp³-hybridized carbons (Fsp3) is 0.700. The maximum atomic E-state index is 11.3. The average Bonchev–Trinajstić information content (AvgIpc) is 2.28. The third-order valence-corrected chi connectivity index (χ3v) is 3.15. The van der Waals surface area contributed by atoms with Gasteiger partial charge in [-0.25, -0.2) is 4.79 Å². The van der Waals surface area contributed by atoms with Gasteiger partial charge in [-0.1, -0.05) is 6.92 Å². The minimum atomic E-state index is -1.75. The van der Waals surface area contributed by atoms with Gasteiger partial charge in [0, 0.05) is 5.75 Å². The molecule has 0 aliphatic rings. The summed E-state index contributed by atoms with van der Waals surface area (Å²) in [6.45, 7) is 0.990. The van der Waals surface area contributed by atoms with E-state index in [1.165, 1.54) is 11.8 Å². The Balaban J connectivity index is 4.43. The van der Waals surface area contributed by atoms with E-state index in [1.807, 2.05) is 6.92 Å². The van der Waals surface area contributed by atoms with Crippen LogP contribution < -0.4 is 0 Å². The van der Waals surface area contributed by atoms with Crippen molar-refractivity contribution in [2.24, 2.45) is 5.92 Å². The van der Waals surface area contributed by atoms with Crippen molar-refractivity contribution in [1.29, 1.82) is 0 Å². The predicted molar refractivity (Wildman–Crippen MR) is 63.3 cm³/mol. The number of ether oxygens (including phenoxy) is 1. The number of carboxylic acid groups (broad SMARTS) is 2. The molecule has 0 amide bonds. The first-order valence-corrected chi connectivity index (χ1v) is 6.44. The van der Waals surface area contributed by atoms with E-state index < -0.39 is 36.5 Å². The summed E-state index contributed by atoms with van der Waals surface area (Å²) in [5.41, 5.74) is 0. The Bertz CT molecular complexity index is 305. The van der Waals surface area contributed by atoms with Crippen LogP contribution in [0.1, 0.15) is 13.3 Å². The predicted octanol–water partition coefficient (Wildman–Crippen LogP) is -0.181. The largest absolute Gasteiger partial charge is 0.481 e. The van der Waals surface area contributed by atoms with Gasteiger partial charge < -0.3 is 20.1 Å². The lowest BCUT2D eigenvalue weighted by Gasteiger charge is -2.15. The Morgan fingerprint density at radius 1 is 1.22 bits per heavy atom. The van der Waals surface area contributed by atoms with Gasteiger partial charge in [0.05, 0.1) is 6.61 Å². The molecule has 2 atom stereocenters. The Morgan fingerprint density at radius 2 is 1.83 bits per heavy atom. The summed E-state index contributed by atoms with van der Waals surface area (Å²) in [6.07, 6.45) is -0.554. The maximum absolute atomic E-state index is 11.3. The SMILES string of the molecule is CCCSCC(OC(=O)C(CO)C(=O)O)C(=O)O. The molecule has 0 saturated carbocycles. The summed E-state index contributed by atoms with van der Waals surface area (Å²) in [4.78, 5) is 32.7. The van der Waals surface area contributed by atoms with Crippen LogP contribution in [0, 0.1) is 5.92 Å². The van der Waals surface area contributed by atoms with Crippen molar-refractivity contribution in [2.75, 3.05) is 18.1 Å². The van der Waals surface area contributed by atoms with E-state index in [-0.39, 0.29) is 5.75 Å². The topological polar surface area (TPSA) is 121 Å². The summed E-state index contributed by atoms with van der Waals surface area (Å²) in [6, 6.07) is 0. The van der Waals surface area contributed by atoms with Gasteiger partial charge in [0.1, 0.15) is 0 Å². The molecule has 0 aliphatic carbocycles. The number of aliphatic hydroxyl groups is 1. The smallest absolute Gasteiger partial charge is 0.345 e. The van der Waals surface area contributed by atoms with Gasteiger partial charge in [-0.2, -0.15) is 11.8 Å². The molecule has 0 aromatic heterocycles. The highest BCUT2D eigenvalue weighted by molar-refractivity contribution is 7.99. The summed E-state index contributed by atoms with van der Waals surface area (Å²) in [5, 5.41) is 26.1. The minimum Gasteiger partial charge on any atom is -0.481 e. The first kappa shape index (κ1) is 16.7. The monoisotopic (exact) mass is 280 g/mol. The molecule has 0 bridgehead atoms. The van der Waals surface area contributed by atoms with Crippen molar-refractivity contribution in [3.05, 3.63) is 0 Å². The molecule has 8 heteroatoms. The van der Waals surface area contributed by atoms with Crippen molar-refractivity contribution in [3.8, 4) is 0 Å². The summed E-state index contributed by atoms with van der Waals surface area (Å²) in [5.74, 6) is -5.12. The van der Waals surface area contributed by atoms with Crippen LogP contribution in [0.2, 0.25) is 0 Å². The van der Waals surface area contributed by atoms with Gasteiger partial charge in [-0.15, -0.1) is 0 Å². The van der Waals surface area contributed by atoms with Crippen LogP contribution in [-0.2, 0) is 19.1 Å². The zero-order valence-corrected chi connectivity index (χ0v) is 10.7. The lowest BCUT2D eigenvalue weighted by Crippen LogP contribution is -2.36. The average molecular weight is 280 g/mol. The molecular weight excluding hydrogens is 264 g/mol. The number of hydrogen-bond acceptors (Lipinski definition) is 6. The van der Waals surface area contributed by atoms with Crippen LogP contribution in [0.15, 0.2) is 0 Å². The van der Waals surface area contributed by atoms with Crippen molar-refractivity contribution in [2.45, 2.75) is 19.4 Å². The molecule has 0 aliphatic heterocycles. The van der Waals surface area contributed by atoms with E-state index in [0.717, 1.165) is 6.42 Å². The van der Waals surface area contributed by atoms with E-state index in [0.29, 0.717) is 5.75 Å². The van der Waals surface area contributed by atoms with E-state index in [4.69, 9.17) is 15.3 Å². The third kappa shape index (κ3) is 5.87. The number of esters is 1. The number of carboxylic acids is 2. The lowest BCUT2D eigenvalue weighted by molar-refractivity contribution is -0.171. The van der Waals surface area contributed by atoms with E-state index >= 15 is 0 Å². The molecule has 2 unspecified atom stereocenters. The molecule has 7 nitrogen and oxygen atoms in total. The second-order valence-electron chi connectivity index (χ2n) is 3.41. The Morgan fingerprint density at radius 3 is 2.22 bits per heavy atom. The number of thioether (sulfide) groups is 1. The molecule has 0 heterocycles. The van der Waals surface area contributed by atoms with E-state index in [9.17, 15) is 14.4 Å². The van der Waals surface area contributed by atoms with E-state index in [2.05, 4.69) is 4.74 Å². The van der Waals surface area contributed by atoms with Gasteiger partial charge >= 0.3 is 17.9 Å². The van der Waals surface area contributed by atoms with Crippen molar-refractivity contribution < 1.29 is 34.4 Å². The fourth-order valence-corrected chi connectivity index (χ4v) is 1.85. The van der Waals surface area contributed by atoms with Crippen LogP contribution in [0.5, 0.6) is 0 Å². The Kier molecular flexibility index (Phi) is 8.14. The second-order valence-corrected chi connectivity index (χ2v) is 4.56. The van der Waals surface area contributed by atoms with Crippen molar-refractivity contribution in [3.63, 3.8) is 0 Å². The van der Waals surface area contributed by atoms with Crippen LogP contribution in [0.25, 0.3) is 0 Å². The molecule has 3 N–H and O–H groups in total. The van der Waals surface area contributed by atoms with Gasteiger partial charge in [0.15, 0.2) is 5.92 Å². The molecule has 18 heavy (non-hydrogen) atoms. The molecule has 0 saturated heterocycles. The highest BCUT2D eigenvalue weighted by Crippen LogP contribution is 2.10. The molecule has 104 valence electrons. The van der Waals surface area contributed by atoms with E-state index in [1.54, 1.807) is 0 Å². The highest BCUT2D eigenvalue weighted by Gasteiger charge is 2.31. The van der Waals surface area contributed by atoms with Crippen LogP contribution >= 0.6 is 11.8 Å². The standard InChI is InChI=1S/C10H16O7S/c1-2-3-18-5-7(9(14)15)17-10(16)6(4-11)8(12)13/h6-7,11H,2-5H2,1H3,(H,12,13)(H,14,15). The van der Waals surface area contributed by atoms with Crippen LogP contribution in [0.3, 0.4) is 0 Å². The molecular formula is C10H16O7S. The summed E-state index contributed by atoms with van der Waals surface area (Å²) >= 11 is 1.29. The van der Waals surface area contributed by atoms with Gasteiger partial charge in [-0.3, -0.25) is 9.59 Å². The second kappa shape index (κ2) is 8.76. The number of carbonyl (C=O) groups excluding carboxylic acids is 1. The number of aliphatic carboxylic acids is 2.